The molecule has 2 rings (SSSR count). The molecule has 2 aliphatic rings. The van der Waals surface area contributed by atoms with Crippen molar-refractivity contribution in [2.24, 2.45) is 5.92 Å². The van der Waals surface area contributed by atoms with Crippen molar-refractivity contribution in [3.63, 3.8) is 0 Å². The van der Waals surface area contributed by atoms with E-state index >= 15 is 0 Å². The van der Waals surface area contributed by atoms with Gasteiger partial charge in [0.25, 0.3) is 0 Å². The van der Waals surface area contributed by atoms with Crippen molar-refractivity contribution in [2.75, 3.05) is 19.6 Å². The van der Waals surface area contributed by atoms with Gasteiger partial charge in [-0.05, 0) is 12.8 Å². The quantitative estimate of drug-likeness (QED) is 0.693. The Bertz CT molecular complexity index is 186. The van der Waals surface area contributed by atoms with E-state index in [0.717, 1.165) is 32.5 Å². The van der Waals surface area contributed by atoms with Crippen LogP contribution in [0.15, 0.2) is 0 Å². The molecule has 0 aromatic carbocycles. The molecule has 0 amide bonds. The van der Waals surface area contributed by atoms with Crippen LogP contribution in [0.1, 0.15) is 12.8 Å². The average molecular weight is 210 g/mol. The molecule has 2 unspecified atom stereocenters. The van der Waals surface area contributed by atoms with E-state index in [9.17, 15) is 5.11 Å². The molecule has 0 radical (unpaired) electrons. The molecule has 0 aromatic rings. The summed E-state index contributed by atoms with van der Waals surface area (Å²) < 4.78 is -0.465. The first kappa shape index (κ1) is 9.07. The van der Waals surface area contributed by atoms with Crippen LogP contribution in [0.4, 0.5) is 0 Å². The van der Waals surface area contributed by atoms with Crippen molar-refractivity contribution in [3.05, 3.63) is 0 Å². The minimum absolute atomic E-state index is 0.135. The second-order valence-corrected chi connectivity index (χ2v) is 5.41. The maximum Gasteiger partial charge on any atom is 0.122 e. The molecule has 2 fully saturated rings. The van der Waals surface area contributed by atoms with Gasteiger partial charge in [0.05, 0.1) is 6.10 Å². The Labute approximate surface area is 82.4 Å². The molecule has 4 heteroatoms. The Kier molecular flexibility index (Phi) is 2.28. The number of β-amino-alcohol motifs (C(OH)–C–C–N with tert-alkyl or cyclic N) is 1. The number of likely N-dealkylation sites (tertiary alicyclic amines) is 1. The average Bonchev–Trinajstić information content (AvgIpc) is 2.41. The van der Waals surface area contributed by atoms with Gasteiger partial charge < -0.3 is 10.0 Å². The summed E-state index contributed by atoms with van der Waals surface area (Å²) in [6, 6.07) is 0. The number of hydrogen-bond donors (Lipinski definition) is 1. The maximum absolute atomic E-state index is 9.26. The molecule has 2 atom stereocenters. The second kappa shape index (κ2) is 3.02. The van der Waals surface area contributed by atoms with Crippen molar-refractivity contribution in [1.82, 2.24) is 4.90 Å². The zero-order valence-electron chi connectivity index (χ0n) is 6.84. The lowest BCUT2D eigenvalue weighted by molar-refractivity contribution is 0.175. The van der Waals surface area contributed by atoms with Crippen molar-refractivity contribution in [1.29, 1.82) is 0 Å². The SMILES string of the molecule is OC1CCN(CC2CC2(Cl)Cl)C1. The van der Waals surface area contributed by atoms with E-state index in [1.54, 1.807) is 0 Å². The van der Waals surface area contributed by atoms with Crippen LogP contribution in [0.2, 0.25) is 0 Å². The summed E-state index contributed by atoms with van der Waals surface area (Å²) in [5.74, 6) is 0.422. The van der Waals surface area contributed by atoms with Gasteiger partial charge in [0.2, 0.25) is 0 Å². The minimum Gasteiger partial charge on any atom is -0.392 e. The monoisotopic (exact) mass is 209 g/mol. The molecular weight excluding hydrogens is 197 g/mol. The van der Waals surface area contributed by atoms with E-state index in [0.29, 0.717) is 5.92 Å². The topological polar surface area (TPSA) is 23.5 Å². The van der Waals surface area contributed by atoms with Gasteiger partial charge in [-0.15, -0.1) is 23.2 Å². The van der Waals surface area contributed by atoms with E-state index in [2.05, 4.69) is 4.90 Å². The number of hydrogen-bond acceptors (Lipinski definition) is 2. The molecule has 1 heterocycles. The van der Waals surface area contributed by atoms with Gasteiger partial charge in [-0.1, -0.05) is 0 Å². The Hall–Kier alpha value is 0.500. The minimum atomic E-state index is -0.465. The Morgan fingerprint density at radius 1 is 1.50 bits per heavy atom. The molecule has 0 bridgehead atoms. The summed E-state index contributed by atoms with van der Waals surface area (Å²) in [4.78, 5) is 2.24. The fourth-order valence-corrected chi connectivity index (χ4v) is 2.27. The predicted molar refractivity (Wildman–Crippen MR) is 49.6 cm³/mol. The van der Waals surface area contributed by atoms with Gasteiger partial charge in [0, 0.05) is 25.6 Å². The molecule has 1 aliphatic carbocycles. The summed E-state index contributed by atoms with van der Waals surface area (Å²) in [5, 5.41) is 9.26. The number of aliphatic hydroxyl groups excluding tert-OH is 1. The van der Waals surface area contributed by atoms with Crippen molar-refractivity contribution >= 4 is 23.2 Å². The summed E-state index contributed by atoms with van der Waals surface area (Å²) in [7, 11) is 0. The first-order chi connectivity index (χ1) is 5.58. The van der Waals surface area contributed by atoms with Crippen molar-refractivity contribution in [3.8, 4) is 0 Å². The largest absolute Gasteiger partial charge is 0.392 e. The highest BCUT2D eigenvalue weighted by Crippen LogP contribution is 2.53. The fourth-order valence-electron chi connectivity index (χ4n) is 1.76. The molecular formula is C8H13Cl2NO. The summed E-state index contributed by atoms with van der Waals surface area (Å²) in [5.41, 5.74) is 0. The first-order valence-corrected chi connectivity index (χ1v) is 5.12. The van der Waals surface area contributed by atoms with Crippen LogP contribution in [-0.2, 0) is 0 Å². The lowest BCUT2D eigenvalue weighted by Crippen LogP contribution is -2.25. The lowest BCUT2D eigenvalue weighted by Gasteiger charge is -2.14. The number of alkyl halides is 2. The van der Waals surface area contributed by atoms with Gasteiger partial charge in [0.1, 0.15) is 4.33 Å². The molecule has 70 valence electrons. The highest BCUT2D eigenvalue weighted by molar-refractivity contribution is 6.50. The summed E-state index contributed by atoms with van der Waals surface area (Å²) in [6.45, 7) is 2.73. The van der Waals surface area contributed by atoms with Gasteiger partial charge >= 0.3 is 0 Å². The summed E-state index contributed by atoms with van der Waals surface area (Å²) in [6.07, 6.45) is 1.66. The van der Waals surface area contributed by atoms with Gasteiger partial charge in [-0.25, -0.2) is 0 Å². The second-order valence-electron chi connectivity index (χ2n) is 3.86. The van der Waals surface area contributed by atoms with Crippen LogP contribution in [0.25, 0.3) is 0 Å². The predicted octanol–water partition coefficient (Wildman–Crippen LogP) is 1.25. The molecule has 12 heavy (non-hydrogen) atoms. The van der Waals surface area contributed by atoms with Gasteiger partial charge in [-0.3, -0.25) is 0 Å². The number of nitrogens with zero attached hydrogens (tertiary/aromatic N) is 1. The highest BCUT2D eigenvalue weighted by atomic mass is 35.5. The smallest absolute Gasteiger partial charge is 0.122 e. The van der Waals surface area contributed by atoms with Crippen LogP contribution in [0.3, 0.4) is 0 Å². The third-order valence-corrected chi connectivity index (χ3v) is 3.61. The normalized spacial score (nSPS) is 40.2. The van der Waals surface area contributed by atoms with Gasteiger partial charge in [-0.2, -0.15) is 0 Å². The first-order valence-electron chi connectivity index (χ1n) is 4.36. The lowest BCUT2D eigenvalue weighted by atomic mass is 10.3. The van der Waals surface area contributed by atoms with Crippen LogP contribution >= 0.6 is 23.2 Å². The number of aliphatic hydroxyl groups is 1. The molecule has 1 saturated carbocycles. The molecule has 0 aromatic heterocycles. The zero-order chi connectivity index (χ0) is 8.77. The van der Waals surface area contributed by atoms with Crippen LogP contribution in [0.5, 0.6) is 0 Å². The highest BCUT2D eigenvalue weighted by Gasteiger charge is 2.52. The Morgan fingerprint density at radius 3 is 2.58 bits per heavy atom. The molecule has 1 saturated heterocycles. The maximum atomic E-state index is 9.26. The van der Waals surface area contributed by atoms with E-state index < -0.39 is 4.33 Å². The molecule has 1 aliphatic heterocycles. The van der Waals surface area contributed by atoms with Crippen LogP contribution in [-0.4, -0.2) is 40.1 Å². The van der Waals surface area contributed by atoms with E-state index in [1.807, 2.05) is 0 Å². The number of halogens is 2. The number of rotatable bonds is 2. The third-order valence-electron chi connectivity index (χ3n) is 2.68. The summed E-state index contributed by atoms with van der Waals surface area (Å²) >= 11 is 11.8. The zero-order valence-corrected chi connectivity index (χ0v) is 8.35. The van der Waals surface area contributed by atoms with E-state index in [4.69, 9.17) is 23.2 Å². The fraction of sp³-hybridized carbons (Fsp3) is 1.00. The standard InChI is InChI=1S/C8H13Cl2NO/c9-8(10)3-6(8)4-11-2-1-7(12)5-11/h6-7,12H,1-5H2. The molecule has 0 spiro atoms. The van der Waals surface area contributed by atoms with Gasteiger partial charge in [0.15, 0.2) is 0 Å². The van der Waals surface area contributed by atoms with Crippen LogP contribution < -0.4 is 0 Å². The Balaban J connectivity index is 1.75. The molecule has 1 N–H and O–H groups in total. The Morgan fingerprint density at radius 2 is 2.17 bits per heavy atom. The van der Waals surface area contributed by atoms with E-state index in [1.165, 1.54) is 0 Å². The van der Waals surface area contributed by atoms with Crippen molar-refractivity contribution < 1.29 is 5.11 Å². The third kappa shape index (κ3) is 1.87. The van der Waals surface area contributed by atoms with Crippen LogP contribution in [0, 0.1) is 5.92 Å². The van der Waals surface area contributed by atoms with Crippen molar-refractivity contribution in [2.45, 2.75) is 23.3 Å². The molecule has 2 nitrogen and oxygen atoms in total. The van der Waals surface area contributed by atoms with E-state index in [-0.39, 0.29) is 6.10 Å².